The molecular weight excluding hydrogens is 123 g/mol. The SMILES string of the molecule is [K+].[OH-].[O]=[Cr]. The first-order chi connectivity index (χ1) is 1.00. The van der Waals surface area contributed by atoms with Crippen LogP contribution in [0.2, 0.25) is 0 Å². The van der Waals surface area contributed by atoms with E-state index in [0.717, 1.165) is 0 Å². The zero-order valence-corrected chi connectivity index (χ0v) is 6.66. The summed E-state index contributed by atoms with van der Waals surface area (Å²) in [5.41, 5.74) is 0. The molecule has 4 heteroatoms. The van der Waals surface area contributed by atoms with E-state index in [1.54, 1.807) is 0 Å². The van der Waals surface area contributed by atoms with Crippen LogP contribution in [0.1, 0.15) is 0 Å². The molecular formula is HCrKO2. The van der Waals surface area contributed by atoms with Crippen molar-refractivity contribution >= 4 is 0 Å². The van der Waals surface area contributed by atoms with Crippen molar-refractivity contribution in [3.05, 3.63) is 0 Å². The molecule has 0 fully saturated rings. The zero-order chi connectivity index (χ0) is 2.00. The summed E-state index contributed by atoms with van der Waals surface area (Å²) in [6, 6.07) is 0. The third kappa shape index (κ3) is 9.06. The van der Waals surface area contributed by atoms with Gasteiger partial charge in [0, 0.05) is 0 Å². The van der Waals surface area contributed by atoms with Gasteiger partial charge in [0.25, 0.3) is 0 Å². The molecule has 0 rings (SSSR count). The topological polar surface area (TPSA) is 47.1 Å². The van der Waals surface area contributed by atoms with Crippen LogP contribution in [0, 0.1) is 0 Å². The van der Waals surface area contributed by atoms with E-state index >= 15 is 0 Å². The molecule has 0 saturated heterocycles. The van der Waals surface area contributed by atoms with Gasteiger partial charge in [0.2, 0.25) is 0 Å². The molecule has 0 bridgehead atoms. The van der Waals surface area contributed by atoms with Gasteiger partial charge in [0.05, 0.1) is 0 Å². The second-order valence-corrected chi connectivity index (χ2v) is 0. The molecule has 0 aliphatic carbocycles. The van der Waals surface area contributed by atoms with Crippen LogP contribution in [-0.2, 0) is 20.0 Å². The first-order valence-corrected chi connectivity index (χ1v) is 0.687. The summed E-state index contributed by atoms with van der Waals surface area (Å²) in [5.74, 6) is 0. The Morgan fingerprint density at radius 1 is 1.25 bits per heavy atom. The van der Waals surface area contributed by atoms with Crippen molar-refractivity contribution in [3.8, 4) is 0 Å². The summed E-state index contributed by atoms with van der Waals surface area (Å²) in [4.78, 5) is 0. The second-order valence-electron chi connectivity index (χ2n) is 0. The monoisotopic (exact) mass is 124 g/mol. The molecule has 0 atom stereocenters. The van der Waals surface area contributed by atoms with E-state index in [1.807, 2.05) is 0 Å². The Labute approximate surface area is 75.3 Å². The molecule has 0 unspecified atom stereocenters. The fourth-order valence-corrected chi connectivity index (χ4v) is 0. The molecule has 0 aliphatic heterocycles. The molecule has 0 saturated carbocycles. The second kappa shape index (κ2) is 20.4. The van der Waals surface area contributed by atoms with Crippen molar-refractivity contribution in [1.82, 2.24) is 0 Å². The minimum atomic E-state index is 0. The maximum atomic E-state index is 8.12. The Morgan fingerprint density at radius 3 is 1.25 bits per heavy atom. The van der Waals surface area contributed by atoms with Crippen molar-refractivity contribution in [2.45, 2.75) is 0 Å². The number of hydrogen-bond donors (Lipinski definition) is 0. The van der Waals surface area contributed by atoms with Gasteiger partial charge >= 0.3 is 71.4 Å². The predicted octanol–water partition coefficient (Wildman–Crippen LogP) is -3.29. The van der Waals surface area contributed by atoms with Crippen LogP contribution in [0.25, 0.3) is 0 Å². The predicted molar refractivity (Wildman–Crippen MR) is 2.62 cm³/mol. The Morgan fingerprint density at radius 2 is 1.25 bits per heavy atom. The zero-order valence-electron chi connectivity index (χ0n) is 2.26. The summed E-state index contributed by atoms with van der Waals surface area (Å²) >= 11 is 1.38. The van der Waals surface area contributed by atoms with Gasteiger partial charge in [0.1, 0.15) is 0 Å². The van der Waals surface area contributed by atoms with Crippen LogP contribution in [0.4, 0.5) is 0 Å². The van der Waals surface area contributed by atoms with Gasteiger partial charge in [-0.2, -0.15) is 0 Å². The van der Waals surface area contributed by atoms with Gasteiger partial charge in [-0.25, -0.2) is 0 Å². The summed E-state index contributed by atoms with van der Waals surface area (Å²) in [7, 11) is 0. The normalized spacial score (nSPS) is 1.00. The molecule has 0 aromatic heterocycles. The van der Waals surface area contributed by atoms with E-state index in [2.05, 4.69) is 0 Å². The molecule has 20 valence electrons. The third-order valence-corrected chi connectivity index (χ3v) is 0. The van der Waals surface area contributed by atoms with Crippen LogP contribution < -0.4 is 51.4 Å². The fraction of sp³-hybridized carbons (Fsp3) is 0. The number of hydrogen-bond acceptors (Lipinski definition) is 2. The van der Waals surface area contributed by atoms with E-state index in [9.17, 15) is 0 Å². The van der Waals surface area contributed by atoms with Crippen molar-refractivity contribution in [3.63, 3.8) is 0 Å². The molecule has 0 aromatic rings. The van der Waals surface area contributed by atoms with Crippen LogP contribution >= 0.6 is 0 Å². The molecule has 0 amide bonds. The fourth-order valence-electron chi connectivity index (χ4n) is 0. The van der Waals surface area contributed by atoms with E-state index in [-0.39, 0.29) is 56.9 Å². The standard InChI is InChI=1S/Cr.K.H2O.O/h;;1H2;/q;+1;;/p-1. The third-order valence-electron chi connectivity index (χ3n) is 0. The van der Waals surface area contributed by atoms with Gasteiger partial charge in [0.15, 0.2) is 0 Å². The minimum absolute atomic E-state index is 0. The molecule has 0 aliphatic rings. The molecule has 0 radical (unpaired) electrons. The average molecular weight is 124 g/mol. The molecule has 2 nitrogen and oxygen atoms in total. The van der Waals surface area contributed by atoms with E-state index < -0.39 is 0 Å². The molecule has 0 spiro atoms. The van der Waals surface area contributed by atoms with Gasteiger partial charge in [-0.1, -0.05) is 0 Å². The van der Waals surface area contributed by atoms with Crippen LogP contribution in [0.3, 0.4) is 0 Å². The average Bonchev–Trinajstić information content (AvgIpc) is 1.00. The molecule has 1 N–H and O–H groups in total. The maximum absolute atomic E-state index is 8.12. The Balaban J connectivity index is -0.00000000500. The first-order valence-electron chi connectivity index (χ1n) is 0.167. The van der Waals surface area contributed by atoms with E-state index in [1.165, 1.54) is 16.2 Å². The molecule has 4 heavy (non-hydrogen) atoms. The van der Waals surface area contributed by atoms with E-state index in [4.69, 9.17) is 3.80 Å². The Hall–Kier alpha value is 1.93. The van der Waals surface area contributed by atoms with Crippen LogP contribution in [-0.4, -0.2) is 5.48 Å². The van der Waals surface area contributed by atoms with Crippen molar-refractivity contribution in [2.75, 3.05) is 0 Å². The quantitative estimate of drug-likeness (QED) is 0.318. The van der Waals surface area contributed by atoms with Crippen molar-refractivity contribution in [2.24, 2.45) is 0 Å². The van der Waals surface area contributed by atoms with Crippen molar-refractivity contribution in [1.29, 1.82) is 0 Å². The molecule has 0 aromatic carbocycles. The van der Waals surface area contributed by atoms with Crippen LogP contribution in [0.15, 0.2) is 0 Å². The van der Waals surface area contributed by atoms with Crippen LogP contribution in [0.5, 0.6) is 0 Å². The van der Waals surface area contributed by atoms with E-state index in [0.29, 0.717) is 0 Å². The number of rotatable bonds is 0. The van der Waals surface area contributed by atoms with Gasteiger partial charge < -0.3 is 5.48 Å². The first kappa shape index (κ1) is 16.8. The Kier molecular flexibility index (Phi) is 85.8. The summed E-state index contributed by atoms with van der Waals surface area (Å²) in [6.07, 6.45) is 0. The van der Waals surface area contributed by atoms with Gasteiger partial charge in [-0.15, -0.1) is 0 Å². The van der Waals surface area contributed by atoms with Gasteiger partial charge in [-0.05, 0) is 0 Å². The molecule has 0 heterocycles. The van der Waals surface area contributed by atoms with Crippen molar-refractivity contribution < 1.29 is 76.9 Å². The summed E-state index contributed by atoms with van der Waals surface area (Å²) in [5, 5.41) is 0. The summed E-state index contributed by atoms with van der Waals surface area (Å²) in [6.45, 7) is 0. The Bertz CT molecular complexity index is 6.00. The van der Waals surface area contributed by atoms with Gasteiger partial charge in [-0.3, -0.25) is 0 Å². The summed E-state index contributed by atoms with van der Waals surface area (Å²) < 4.78 is 8.12.